The van der Waals surface area contributed by atoms with E-state index in [-0.39, 0.29) is 33.7 Å². The SMILES string of the molecule is C[C@@H]1C[C@@H]([C@@H](O)C(C)(C)O)O[C@H]2C[C@@]3(C)C(=C12)[C@H](O)C[C@H]1[C@@]2(C)CCC(=O)C(C)(C)[C@@H]2CC[C@@]13C. The molecule has 35 heavy (non-hydrogen) atoms. The van der Waals surface area contributed by atoms with Crippen LogP contribution in [0.1, 0.15) is 100 Å². The van der Waals surface area contributed by atoms with E-state index in [9.17, 15) is 20.1 Å². The molecular weight excluding hydrogens is 440 g/mol. The van der Waals surface area contributed by atoms with Gasteiger partial charge in [-0.05, 0) is 97.5 Å². The number of rotatable bonds is 2. The molecule has 0 aromatic rings. The molecule has 0 bridgehead atoms. The third-order valence-electron chi connectivity index (χ3n) is 12.2. The van der Waals surface area contributed by atoms with Crippen LogP contribution in [-0.4, -0.2) is 51.1 Å². The Kier molecular flexibility index (Phi) is 5.65. The van der Waals surface area contributed by atoms with Gasteiger partial charge in [-0.15, -0.1) is 0 Å². The molecule has 0 aromatic heterocycles. The topological polar surface area (TPSA) is 87.0 Å². The van der Waals surface area contributed by atoms with Crippen LogP contribution in [-0.2, 0) is 9.53 Å². The number of ether oxygens (including phenoxy) is 1. The molecule has 5 heteroatoms. The summed E-state index contributed by atoms with van der Waals surface area (Å²) < 4.78 is 6.55. The van der Waals surface area contributed by atoms with Crippen LogP contribution in [0.2, 0.25) is 0 Å². The first-order valence-electron chi connectivity index (χ1n) is 14.0. The molecule has 1 heterocycles. The molecule has 5 nitrogen and oxygen atoms in total. The molecule has 1 saturated heterocycles. The number of hydrogen-bond acceptors (Lipinski definition) is 5. The number of fused-ring (bicyclic) bond motifs is 6. The first kappa shape index (κ1) is 25.9. The number of carbonyl (C=O) groups excluding carboxylic acids is 1. The molecule has 5 rings (SSSR count). The van der Waals surface area contributed by atoms with Crippen LogP contribution in [0.25, 0.3) is 0 Å². The summed E-state index contributed by atoms with van der Waals surface area (Å²) >= 11 is 0. The third kappa shape index (κ3) is 3.30. The molecule has 3 saturated carbocycles. The molecule has 10 atom stereocenters. The second kappa shape index (κ2) is 7.65. The van der Waals surface area contributed by atoms with Gasteiger partial charge in [-0.1, -0.05) is 41.5 Å². The summed E-state index contributed by atoms with van der Waals surface area (Å²) in [5, 5.41) is 33.1. The average molecular weight is 489 g/mol. The fourth-order valence-electron chi connectivity index (χ4n) is 10.2. The molecule has 1 aliphatic heterocycles. The second-order valence-electron chi connectivity index (χ2n) is 14.8. The van der Waals surface area contributed by atoms with Crippen LogP contribution in [0.4, 0.5) is 0 Å². The van der Waals surface area contributed by atoms with Crippen molar-refractivity contribution in [2.24, 2.45) is 39.4 Å². The van der Waals surface area contributed by atoms with Gasteiger partial charge in [0.2, 0.25) is 0 Å². The zero-order chi connectivity index (χ0) is 25.9. The monoisotopic (exact) mass is 488 g/mol. The lowest BCUT2D eigenvalue weighted by Gasteiger charge is -2.68. The smallest absolute Gasteiger partial charge is 0.138 e. The maximum Gasteiger partial charge on any atom is 0.138 e. The Balaban J connectivity index is 1.54. The summed E-state index contributed by atoms with van der Waals surface area (Å²) in [5.41, 5.74) is 0.798. The molecule has 3 N–H and O–H groups in total. The van der Waals surface area contributed by atoms with Crippen molar-refractivity contribution in [1.29, 1.82) is 0 Å². The molecule has 0 amide bonds. The fourth-order valence-corrected chi connectivity index (χ4v) is 10.2. The third-order valence-corrected chi connectivity index (χ3v) is 12.2. The molecule has 0 aromatic carbocycles. The van der Waals surface area contributed by atoms with E-state index >= 15 is 0 Å². The summed E-state index contributed by atoms with van der Waals surface area (Å²) in [7, 11) is 0. The molecule has 4 aliphatic carbocycles. The van der Waals surface area contributed by atoms with Gasteiger partial charge in [0, 0.05) is 11.8 Å². The van der Waals surface area contributed by atoms with Gasteiger partial charge >= 0.3 is 0 Å². The average Bonchev–Trinajstić information content (AvgIpc) is 3.06. The number of ketones is 1. The lowest BCUT2D eigenvalue weighted by Crippen LogP contribution is -2.64. The largest absolute Gasteiger partial charge is 0.389 e. The summed E-state index contributed by atoms with van der Waals surface area (Å²) in [4.78, 5) is 12.9. The van der Waals surface area contributed by atoms with Gasteiger partial charge in [0.1, 0.15) is 11.9 Å². The predicted molar refractivity (Wildman–Crippen MR) is 136 cm³/mol. The number of Topliss-reactive ketones (excluding diaryl/α,β-unsaturated/α-hetero) is 1. The normalized spacial score (nSPS) is 50.2. The van der Waals surface area contributed by atoms with E-state index in [2.05, 4.69) is 41.5 Å². The summed E-state index contributed by atoms with van der Waals surface area (Å²) in [6.07, 6.45) is 3.94. The van der Waals surface area contributed by atoms with Crippen molar-refractivity contribution in [3.05, 3.63) is 11.1 Å². The van der Waals surface area contributed by atoms with Gasteiger partial charge in [0.25, 0.3) is 0 Å². The van der Waals surface area contributed by atoms with Gasteiger partial charge in [0.05, 0.1) is 23.9 Å². The molecule has 5 aliphatic rings. The van der Waals surface area contributed by atoms with Gasteiger partial charge in [-0.25, -0.2) is 0 Å². The number of aliphatic hydroxyl groups excluding tert-OH is 2. The Labute approximate surface area is 211 Å². The van der Waals surface area contributed by atoms with Gasteiger partial charge < -0.3 is 20.1 Å². The van der Waals surface area contributed by atoms with Crippen LogP contribution in [0.15, 0.2) is 11.1 Å². The van der Waals surface area contributed by atoms with Crippen LogP contribution >= 0.6 is 0 Å². The zero-order valence-electron chi connectivity index (χ0n) is 23.1. The van der Waals surface area contributed by atoms with Crippen molar-refractivity contribution >= 4 is 5.78 Å². The van der Waals surface area contributed by atoms with Gasteiger partial charge in [0.15, 0.2) is 0 Å². The van der Waals surface area contributed by atoms with Gasteiger partial charge in [-0.3, -0.25) is 4.79 Å². The maximum atomic E-state index is 12.9. The van der Waals surface area contributed by atoms with E-state index in [1.54, 1.807) is 13.8 Å². The van der Waals surface area contributed by atoms with Gasteiger partial charge in [-0.2, -0.15) is 0 Å². The standard InChI is InChI=1S/C30H48O5/c1-16-13-18(25(33)27(4,5)34)35-19-15-30(8)24(23(16)19)17(31)14-21-28(6)11-10-22(32)26(2,3)20(28)9-12-29(21,30)7/h16-21,25,31,33-34H,9-15H2,1-8H3/t16-,17-,18+,19+,20+,21+,25-,28+,29+,30+/m1/s1. The number of hydrogen-bond donors (Lipinski definition) is 3. The highest BCUT2D eigenvalue weighted by molar-refractivity contribution is 5.85. The highest BCUT2D eigenvalue weighted by Crippen LogP contribution is 2.74. The van der Waals surface area contributed by atoms with E-state index in [0.717, 1.165) is 32.1 Å². The molecule has 4 fully saturated rings. The van der Waals surface area contributed by atoms with Crippen molar-refractivity contribution in [2.45, 2.75) is 130 Å². The van der Waals surface area contributed by atoms with E-state index in [0.29, 0.717) is 30.5 Å². The Bertz CT molecular complexity index is 945. The molecule has 0 unspecified atom stereocenters. The highest BCUT2D eigenvalue weighted by atomic mass is 16.5. The first-order valence-corrected chi connectivity index (χ1v) is 14.0. The summed E-state index contributed by atoms with van der Waals surface area (Å²) in [6, 6.07) is 0. The predicted octanol–water partition coefficient (Wildman–Crippen LogP) is 4.81. The molecule has 0 spiro atoms. The summed E-state index contributed by atoms with van der Waals surface area (Å²) in [5.74, 6) is 1.29. The van der Waals surface area contributed by atoms with E-state index in [4.69, 9.17) is 4.74 Å². The maximum absolute atomic E-state index is 12.9. The Morgan fingerprint density at radius 2 is 1.71 bits per heavy atom. The van der Waals surface area contributed by atoms with Crippen molar-refractivity contribution in [3.63, 3.8) is 0 Å². The summed E-state index contributed by atoms with van der Waals surface area (Å²) in [6.45, 7) is 17.0. The van der Waals surface area contributed by atoms with Crippen molar-refractivity contribution < 1.29 is 24.9 Å². The highest BCUT2D eigenvalue weighted by Gasteiger charge is 2.69. The fraction of sp³-hybridized carbons (Fsp3) is 0.900. The zero-order valence-corrected chi connectivity index (χ0v) is 23.1. The lowest BCUT2D eigenvalue weighted by molar-refractivity contribution is -0.194. The quantitative estimate of drug-likeness (QED) is 0.486. The number of carbonyl (C=O) groups is 1. The lowest BCUT2D eigenvalue weighted by atomic mass is 9.36. The molecular formula is C30H48O5. The van der Waals surface area contributed by atoms with Crippen LogP contribution in [0.3, 0.4) is 0 Å². The second-order valence-corrected chi connectivity index (χ2v) is 14.8. The van der Waals surface area contributed by atoms with Crippen molar-refractivity contribution in [1.82, 2.24) is 0 Å². The Morgan fingerprint density at radius 1 is 1.06 bits per heavy atom. The van der Waals surface area contributed by atoms with E-state index in [1.807, 2.05) is 0 Å². The first-order chi connectivity index (χ1) is 16.0. The minimum absolute atomic E-state index is 0.0149. The minimum Gasteiger partial charge on any atom is -0.389 e. The Morgan fingerprint density at radius 3 is 2.34 bits per heavy atom. The number of aliphatic hydroxyl groups is 3. The molecule has 0 radical (unpaired) electrons. The minimum atomic E-state index is -1.22. The van der Waals surface area contributed by atoms with Crippen LogP contribution in [0.5, 0.6) is 0 Å². The molecule has 198 valence electrons. The Hall–Kier alpha value is -0.750. The van der Waals surface area contributed by atoms with Crippen molar-refractivity contribution in [3.8, 4) is 0 Å². The van der Waals surface area contributed by atoms with E-state index < -0.39 is 23.9 Å². The van der Waals surface area contributed by atoms with E-state index in [1.165, 1.54) is 11.1 Å². The van der Waals surface area contributed by atoms with Crippen LogP contribution in [0, 0.1) is 39.4 Å². The van der Waals surface area contributed by atoms with Crippen LogP contribution < -0.4 is 0 Å². The van der Waals surface area contributed by atoms with Crippen molar-refractivity contribution in [2.75, 3.05) is 0 Å².